The van der Waals surface area contributed by atoms with E-state index in [0.717, 1.165) is 36.2 Å². The summed E-state index contributed by atoms with van der Waals surface area (Å²) in [6.07, 6.45) is 1.15. The van der Waals surface area contributed by atoms with Gasteiger partial charge in [-0.05, 0) is 67.6 Å². The number of nitrogens with one attached hydrogen (secondary N) is 1. The minimum atomic E-state index is 0.492. The molecule has 2 aromatic rings. The highest BCUT2D eigenvalue weighted by atomic mass is 79.9. The fraction of sp³-hybridized carbons (Fsp3) is 0.350. The van der Waals surface area contributed by atoms with E-state index in [0.29, 0.717) is 11.9 Å². The molecule has 0 spiro atoms. The van der Waals surface area contributed by atoms with Crippen LogP contribution in [0.25, 0.3) is 0 Å². The average molecular weight is 401 g/mol. The Morgan fingerprint density at radius 1 is 1.24 bits per heavy atom. The number of guanidine groups is 1. The van der Waals surface area contributed by atoms with Crippen molar-refractivity contribution >= 4 is 33.3 Å². The normalized spacial score (nSPS) is 17.8. The van der Waals surface area contributed by atoms with Crippen LogP contribution in [0.5, 0.6) is 0 Å². The van der Waals surface area contributed by atoms with Gasteiger partial charge in [0.05, 0.1) is 0 Å². The molecule has 4 nitrogen and oxygen atoms in total. The SMILES string of the molecule is Cc1cc(C)cc(NC(N)=NCC2CCN(c3cccc(Br)c3)C2)c1. The summed E-state index contributed by atoms with van der Waals surface area (Å²) in [4.78, 5) is 6.97. The lowest BCUT2D eigenvalue weighted by molar-refractivity contribution is 0.603. The third-order valence-electron chi connectivity index (χ3n) is 4.47. The van der Waals surface area contributed by atoms with Gasteiger partial charge in [0.2, 0.25) is 0 Å². The Labute approximate surface area is 158 Å². The van der Waals surface area contributed by atoms with Crippen molar-refractivity contribution in [3.05, 3.63) is 58.1 Å². The molecule has 1 saturated heterocycles. The number of nitrogens with zero attached hydrogens (tertiary/aromatic N) is 2. The number of aryl methyl sites for hydroxylation is 2. The maximum atomic E-state index is 6.07. The predicted molar refractivity (Wildman–Crippen MR) is 110 cm³/mol. The second kappa shape index (κ2) is 7.91. The molecule has 0 saturated carbocycles. The highest BCUT2D eigenvalue weighted by Crippen LogP contribution is 2.26. The number of hydrogen-bond acceptors (Lipinski definition) is 2. The van der Waals surface area contributed by atoms with Gasteiger partial charge in [-0.15, -0.1) is 0 Å². The lowest BCUT2D eigenvalue weighted by atomic mass is 10.1. The highest BCUT2D eigenvalue weighted by molar-refractivity contribution is 9.10. The smallest absolute Gasteiger partial charge is 0.193 e. The molecule has 1 unspecified atom stereocenters. The van der Waals surface area contributed by atoms with Gasteiger partial charge in [0.25, 0.3) is 0 Å². The van der Waals surface area contributed by atoms with Gasteiger partial charge >= 0.3 is 0 Å². The number of nitrogens with two attached hydrogens (primary N) is 1. The Balaban J connectivity index is 1.55. The van der Waals surface area contributed by atoms with Crippen molar-refractivity contribution < 1.29 is 0 Å². The van der Waals surface area contributed by atoms with Crippen molar-refractivity contribution in [2.75, 3.05) is 29.9 Å². The average Bonchev–Trinajstić information content (AvgIpc) is 3.01. The quantitative estimate of drug-likeness (QED) is 0.593. The number of hydrogen-bond donors (Lipinski definition) is 2. The standard InChI is InChI=1S/C20H25BrN4/c1-14-8-15(2)10-18(9-14)24-20(22)23-12-16-6-7-25(13-16)19-5-3-4-17(21)11-19/h3-5,8-11,16H,6-7,12-13H2,1-2H3,(H3,22,23,24). The Hall–Kier alpha value is -2.01. The highest BCUT2D eigenvalue weighted by Gasteiger charge is 2.22. The molecule has 1 aliphatic rings. The zero-order chi connectivity index (χ0) is 17.8. The van der Waals surface area contributed by atoms with Crippen LogP contribution in [0.3, 0.4) is 0 Å². The first-order chi connectivity index (χ1) is 12.0. The molecule has 2 aromatic carbocycles. The Kier molecular flexibility index (Phi) is 5.63. The third kappa shape index (κ3) is 4.98. The minimum absolute atomic E-state index is 0.492. The Bertz CT molecular complexity index is 752. The monoisotopic (exact) mass is 400 g/mol. The summed E-state index contributed by atoms with van der Waals surface area (Å²) in [5, 5.41) is 3.21. The van der Waals surface area contributed by atoms with Gasteiger partial charge in [-0.25, -0.2) is 0 Å². The van der Waals surface area contributed by atoms with Crippen LogP contribution in [0, 0.1) is 19.8 Å². The molecule has 0 radical (unpaired) electrons. The summed E-state index contributed by atoms with van der Waals surface area (Å²) in [7, 11) is 0. The minimum Gasteiger partial charge on any atom is -0.371 e. The molecular formula is C20H25BrN4. The maximum Gasteiger partial charge on any atom is 0.193 e. The molecule has 1 heterocycles. The molecule has 3 rings (SSSR count). The predicted octanol–water partition coefficient (Wildman–Crippen LogP) is 4.32. The molecule has 0 bridgehead atoms. The van der Waals surface area contributed by atoms with Crippen molar-refractivity contribution in [1.29, 1.82) is 0 Å². The van der Waals surface area contributed by atoms with Crippen LogP contribution in [0.4, 0.5) is 11.4 Å². The van der Waals surface area contributed by atoms with Crippen molar-refractivity contribution in [1.82, 2.24) is 0 Å². The summed E-state index contributed by atoms with van der Waals surface area (Å²) in [6.45, 7) is 7.02. The van der Waals surface area contributed by atoms with Gasteiger partial charge in [-0.1, -0.05) is 28.1 Å². The largest absolute Gasteiger partial charge is 0.371 e. The summed E-state index contributed by atoms with van der Waals surface area (Å²) in [5.41, 5.74) is 10.8. The van der Waals surface area contributed by atoms with E-state index in [9.17, 15) is 0 Å². The molecule has 1 aliphatic heterocycles. The van der Waals surface area contributed by atoms with Crippen LogP contribution in [0.15, 0.2) is 51.9 Å². The van der Waals surface area contributed by atoms with E-state index in [4.69, 9.17) is 5.73 Å². The summed E-state index contributed by atoms with van der Waals surface area (Å²) in [5.74, 6) is 1.03. The molecule has 25 heavy (non-hydrogen) atoms. The second-order valence-corrected chi connectivity index (χ2v) is 7.72. The molecule has 0 aromatic heterocycles. The first-order valence-corrected chi connectivity index (χ1v) is 9.44. The molecule has 3 N–H and O–H groups in total. The Morgan fingerprint density at radius 3 is 2.72 bits per heavy atom. The van der Waals surface area contributed by atoms with Crippen LogP contribution >= 0.6 is 15.9 Å². The summed E-state index contributed by atoms with van der Waals surface area (Å²) >= 11 is 3.54. The van der Waals surface area contributed by atoms with E-state index in [1.54, 1.807) is 0 Å². The zero-order valence-electron chi connectivity index (χ0n) is 14.8. The molecule has 1 atom stereocenters. The summed E-state index contributed by atoms with van der Waals surface area (Å²) in [6, 6.07) is 14.8. The van der Waals surface area contributed by atoms with Crippen LogP contribution in [0.1, 0.15) is 17.5 Å². The lowest BCUT2D eigenvalue weighted by Crippen LogP contribution is -2.25. The van der Waals surface area contributed by atoms with E-state index in [1.165, 1.54) is 16.8 Å². The molecule has 5 heteroatoms. The lowest BCUT2D eigenvalue weighted by Gasteiger charge is -2.18. The van der Waals surface area contributed by atoms with E-state index in [-0.39, 0.29) is 0 Å². The molecular weight excluding hydrogens is 376 g/mol. The van der Waals surface area contributed by atoms with Crippen LogP contribution in [-0.2, 0) is 0 Å². The molecule has 0 aliphatic carbocycles. The fourth-order valence-electron chi connectivity index (χ4n) is 3.35. The van der Waals surface area contributed by atoms with E-state index < -0.39 is 0 Å². The van der Waals surface area contributed by atoms with Gasteiger partial charge in [-0.3, -0.25) is 4.99 Å². The van der Waals surface area contributed by atoms with Crippen LogP contribution in [-0.4, -0.2) is 25.6 Å². The van der Waals surface area contributed by atoms with E-state index in [1.807, 2.05) is 0 Å². The number of anilines is 2. The zero-order valence-corrected chi connectivity index (χ0v) is 16.4. The van der Waals surface area contributed by atoms with E-state index in [2.05, 4.69) is 87.5 Å². The van der Waals surface area contributed by atoms with Crippen LogP contribution in [0.2, 0.25) is 0 Å². The number of halogens is 1. The second-order valence-electron chi connectivity index (χ2n) is 6.81. The van der Waals surface area contributed by atoms with Crippen molar-refractivity contribution in [2.45, 2.75) is 20.3 Å². The van der Waals surface area contributed by atoms with Gasteiger partial charge in [-0.2, -0.15) is 0 Å². The molecule has 132 valence electrons. The molecule has 1 fully saturated rings. The van der Waals surface area contributed by atoms with Crippen LogP contribution < -0.4 is 16.0 Å². The number of rotatable bonds is 4. The maximum absolute atomic E-state index is 6.07. The number of benzene rings is 2. The van der Waals surface area contributed by atoms with Crippen molar-refractivity contribution in [3.8, 4) is 0 Å². The molecule has 0 amide bonds. The first kappa shape index (κ1) is 17.8. The van der Waals surface area contributed by atoms with Gasteiger partial charge in [0, 0.05) is 35.5 Å². The summed E-state index contributed by atoms with van der Waals surface area (Å²) < 4.78 is 1.12. The number of aliphatic imine (C=N–C) groups is 1. The van der Waals surface area contributed by atoms with Gasteiger partial charge < -0.3 is 16.0 Å². The van der Waals surface area contributed by atoms with Gasteiger partial charge in [0.1, 0.15) is 0 Å². The van der Waals surface area contributed by atoms with Crippen molar-refractivity contribution in [3.63, 3.8) is 0 Å². The first-order valence-electron chi connectivity index (χ1n) is 8.65. The Morgan fingerprint density at radius 2 is 2.00 bits per heavy atom. The third-order valence-corrected chi connectivity index (χ3v) is 4.97. The fourth-order valence-corrected chi connectivity index (χ4v) is 3.74. The topological polar surface area (TPSA) is 53.6 Å². The van der Waals surface area contributed by atoms with E-state index >= 15 is 0 Å². The van der Waals surface area contributed by atoms with Gasteiger partial charge in [0.15, 0.2) is 5.96 Å². The van der Waals surface area contributed by atoms with Crippen molar-refractivity contribution in [2.24, 2.45) is 16.6 Å².